The second-order valence-corrected chi connectivity index (χ2v) is 5.96. The normalized spacial score (nSPS) is 11.1. The number of nitrogens with zero attached hydrogens (tertiary/aromatic N) is 3. The summed E-state index contributed by atoms with van der Waals surface area (Å²) in [6.07, 6.45) is -1.49. The maximum atomic E-state index is 14.4. The molecule has 3 aromatic rings. The summed E-state index contributed by atoms with van der Waals surface area (Å²) in [7, 11) is 2.68. The van der Waals surface area contributed by atoms with Gasteiger partial charge >= 0.3 is 5.97 Å². The zero-order chi connectivity index (χ0) is 20.4. The quantitative estimate of drug-likeness (QED) is 0.567. The largest absolute Gasteiger partial charge is 0.482 e. The monoisotopic (exact) mass is 415 g/mol. The zero-order valence-electron chi connectivity index (χ0n) is 14.6. The van der Waals surface area contributed by atoms with E-state index in [-0.39, 0.29) is 39.3 Å². The lowest BCUT2D eigenvalue weighted by Crippen LogP contribution is -2.08. The SMILES string of the molecule is COC(=O)c1nc2c(F)cc(Oc3ncc(Cl)cc3OCC(F)F)cc2n1C. The fourth-order valence-corrected chi connectivity index (χ4v) is 2.56. The highest BCUT2D eigenvalue weighted by Crippen LogP contribution is 2.34. The number of rotatable bonds is 6. The third kappa shape index (κ3) is 3.96. The van der Waals surface area contributed by atoms with Gasteiger partial charge in [0.15, 0.2) is 11.6 Å². The molecule has 2 aromatic heterocycles. The van der Waals surface area contributed by atoms with Gasteiger partial charge in [-0.25, -0.2) is 27.9 Å². The van der Waals surface area contributed by atoms with Crippen molar-refractivity contribution >= 4 is 28.6 Å². The molecule has 0 saturated carbocycles. The van der Waals surface area contributed by atoms with Crippen molar-refractivity contribution in [1.82, 2.24) is 14.5 Å². The van der Waals surface area contributed by atoms with Gasteiger partial charge in [0.2, 0.25) is 5.82 Å². The average Bonchev–Trinajstić information content (AvgIpc) is 2.98. The third-order valence-corrected chi connectivity index (χ3v) is 3.85. The number of halogens is 4. The molecule has 0 N–H and O–H groups in total. The van der Waals surface area contributed by atoms with Crippen LogP contribution in [0.15, 0.2) is 24.4 Å². The number of imidazole rings is 1. The predicted octanol–water partition coefficient (Wildman–Crippen LogP) is 3.98. The van der Waals surface area contributed by atoms with E-state index in [1.807, 2.05) is 0 Å². The molecule has 1 aromatic carbocycles. The first-order valence-electron chi connectivity index (χ1n) is 7.78. The molecule has 0 amide bonds. The smallest absolute Gasteiger partial charge is 0.374 e. The molecule has 0 saturated heterocycles. The molecule has 0 unspecified atom stereocenters. The number of esters is 1. The molecule has 148 valence electrons. The molecule has 0 radical (unpaired) electrons. The molecule has 0 aliphatic heterocycles. The molecule has 7 nitrogen and oxygen atoms in total. The number of aryl methyl sites for hydroxylation is 1. The van der Waals surface area contributed by atoms with Crippen LogP contribution in [0.2, 0.25) is 5.02 Å². The highest BCUT2D eigenvalue weighted by molar-refractivity contribution is 6.30. The number of aromatic nitrogens is 3. The molecule has 0 spiro atoms. The van der Waals surface area contributed by atoms with Gasteiger partial charge in [0, 0.05) is 31.4 Å². The van der Waals surface area contributed by atoms with Crippen molar-refractivity contribution in [2.75, 3.05) is 13.7 Å². The van der Waals surface area contributed by atoms with Gasteiger partial charge in [-0.15, -0.1) is 0 Å². The van der Waals surface area contributed by atoms with Crippen LogP contribution in [0.4, 0.5) is 13.2 Å². The molecule has 2 heterocycles. The van der Waals surface area contributed by atoms with Crippen molar-refractivity contribution in [3.63, 3.8) is 0 Å². The lowest BCUT2D eigenvalue weighted by molar-refractivity contribution is 0.0583. The van der Waals surface area contributed by atoms with Gasteiger partial charge in [0.25, 0.3) is 12.3 Å². The van der Waals surface area contributed by atoms with Crippen LogP contribution in [0, 0.1) is 5.82 Å². The third-order valence-electron chi connectivity index (χ3n) is 3.65. The van der Waals surface area contributed by atoms with E-state index >= 15 is 0 Å². The Bertz CT molecular complexity index is 1040. The van der Waals surface area contributed by atoms with Crippen LogP contribution in [0.25, 0.3) is 11.0 Å². The van der Waals surface area contributed by atoms with Crippen LogP contribution in [-0.2, 0) is 11.8 Å². The molecule has 28 heavy (non-hydrogen) atoms. The van der Waals surface area contributed by atoms with Gasteiger partial charge in [0.1, 0.15) is 17.9 Å². The van der Waals surface area contributed by atoms with E-state index in [2.05, 4.69) is 14.7 Å². The average molecular weight is 416 g/mol. The van der Waals surface area contributed by atoms with Gasteiger partial charge in [0.05, 0.1) is 17.6 Å². The second-order valence-electron chi connectivity index (χ2n) is 5.52. The predicted molar refractivity (Wildman–Crippen MR) is 92.8 cm³/mol. The van der Waals surface area contributed by atoms with Crippen molar-refractivity contribution in [2.24, 2.45) is 7.05 Å². The van der Waals surface area contributed by atoms with E-state index in [1.165, 1.54) is 37.1 Å². The van der Waals surface area contributed by atoms with Crippen molar-refractivity contribution in [1.29, 1.82) is 0 Å². The van der Waals surface area contributed by atoms with Crippen molar-refractivity contribution in [2.45, 2.75) is 6.43 Å². The van der Waals surface area contributed by atoms with Gasteiger partial charge in [-0.3, -0.25) is 0 Å². The van der Waals surface area contributed by atoms with E-state index in [9.17, 15) is 18.0 Å². The Hall–Kier alpha value is -3.01. The molecule has 0 bridgehead atoms. The number of carbonyl (C=O) groups excluding carboxylic acids is 1. The van der Waals surface area contributed by atoms with Gasteiger partial charge in [-0.2, -0.15) is 0 Å². The number of pyridine rings is 1. The molecular weight excluding hydrogens is 403 g/mol. The zero-order valence-corrected chi connectivity index (χ0v) is 15.3. The minimum absolute atomic E-state index is 0.0128. The second kappa shape index (κ2) is 7.93. The van der Waals surface area contributed by atoms with Crippen LogP contribution in [-0.4, -0.2) is 40.6 Å². The highest BCUT2D eigenvalue weighted by atomic mass is 35.5. The summed E-state index contributed by atoms with van der Waals surface area (Å²) < 4.78 is 55.7. The maximum Gasteiger partial charge on any atom is 0.374 e. The van der Waals surface area contributed by atoms with Crippen molar-refractivity contribution in [3.05, 3.63) is 41.1 Å². The number of benzene rings is 1. The number of hydrogen-bond donors (Lipinski definition) is 0. The summed E-state index contributed by atoms with van der Waals surface area (Å²) in [4.78, 5) is 19.5. The van der Waals surface area contributed by atoms with Crippen LogP contribution < -0.4 is 9.47 Å². The molecule has 0 aliphatic carbocycles. The molecule has 3 rings (SSSR count). The first kappa shape index (κ1) is 19.7. The topological polar surface area (TPSA) is 75.5 Å². The number of hydrogen-bond acceptors (Lipinski definition) is 6. The molecule has 11 heteroatoms. The maximum absolute atomic E-state index is 14.4. The van der Waals surface area contributed by atoms with Crippen LogP contribution in [0.5, 0.6) is 17.4 Å². The lowest BCUT2D eigenvalue weighted by atomic mass is 10.3. The van der Waals surface area contributed by atoms with E-state index in [4.69, 9.17) is 21.1 Å². The van der Waals surface area contributed by atoms with E-state index in [0.717, 1.165) is 6.07 Å². The first-order valence-corrected chi connectivity index (χ1v) is 8.16. The van der Waals surface area contributed by atoms with Crippen molar-refractivity contribution in [3.8, 4) is 17.4 Å². The Morgan fingerprint density at radius 3 is 2.75 bits per heavy atom. The number of carbonyl (C=O) groups is 1. The van der Waals surface area contributed by atoms with Crippen LogP contribution >= 0.6 is 11.6 Å². The number of fused-ring (bicyclic) bond motifs is 1. The summed E-state index contributed by atoms with van der Waals surface area (Å²) in [6, 6.07) is 3.68. The number of ether oxygens (including phenoxy) is 3. The Balaban J connectivity index is 1.99. The van der Waals surface area contributed by atoms with Gasteiger partial charge < -0.3 is 18.8 Å². The summed E-state index contributed by atoms with van der Waals surface area (Å²) >= 11 is 5.80. The van der Waals surface area contributed by atoms with E-state index in [0.29, 0.717) is 0 Å². The summed E-state index contributed by atoms with van der Waals surface area (Å²) in [6.45, 7) is -0.893. The van der Waals surface area contributed by atoms with Gasteiger partial charge in [-0.1, -0.05) is 11.6 Å². The molecule has 0 fully saturated rings. The fraction of sp³-hybridized carbons (Fsp3) is 0.235. The highest BCUT2D eigenvalue weighted by Gasteiger charge is 2.20. The Labute approximate surface area is 161 Å². The summed E-state index contributed by atoms with van der Waals surface area (Å²) in [5, 5.41) is 0.146. The fourth-order valence-electron chi connectivity index (χ4n) is 2.41. The van der Waals surface area contributed by atoms with Crippen LogP contribution in [0.3, 0.4) is 0 Å². The first-order chi connectivity index (χ1) is 13.3. The minimum Gasteiger partial charge on any atom is -0.482 e. The lowest BCUT2D eigenvalue weighted by Gasteiger charge is -2.12. The Morgan fingerprint density at radius 1 is 1.32 bits per heavy atom. The van der Waals surface area contributed by atoms with Crippen LogP contribution in [0.1, 0.15) is 10.6 Å². The standard InChI is InChI=1S/C17H13ClF3N3O4/c1-24-11-5-9(4-10(19)14(11)23-15(24)17(25)26-2)28-16-12(27-7-13(20)21)3-8(18)6-22-16/h3-6,13H,7H2,1-2H3. The van der Waals surface area contributed by atoms with E-state index in [1.54, 1.807) is 0 Å². The van der Waals surface area contributed by atoms with Crippen molar-refractivity contribution < 1.29 is 32.2 Å². The van der Waals surface area contributed by atoms with Gasteiger partial charge in [-0.05, 0) is 0 Å². The number of methoxy groups -OCH3 is 1. The minimum atomic E-state index is -2.72. The Kier molecular flexibility index (Phi) is 5.59. The molecular formula is C17H13ClF3N3O4. The number of alkyl halides is 2. The summed E-state index contributed by atoms with van der Waals surface area (Å²) in [5.41, 5.74) is 0.188. The molecule has 0 aliphatic rings. The Morgan fingerprint density at radius 2 is 2.07 bits per heavy atom. The molecule has 0 atom stereocenters. The summed E-state index contributed by atoms with van der Waals surface area (Å²) in [5.74, 6) is -1.92. The van der Waals surface area contributed by atoms with E-state index < -0.39 is 24.8 Å².